The summed E-state index contributed by atoms with van der Waals surface area (Å²) < 4.78 is 0. The maximum Gasteiger partial charge on any atom is 0.0332 e. The normalized spacial score (nSPS) is 29.8. The van der Waals surface area contributed by atoms with Crippen molar-refractivity contribution in [1.29, 1.82) is 0 Å². The van der Waals surface area contributed by atoms with E-state index in [-0.39, 0.29) is 5.54 Å². The Bertz CT molecular complexity index is 326. The highest BCUT2D eigenvalue weighted by Gasteiger charge is 2.36. The Labute approximate surface area is 109 Å². The van der Waals surface area contributed by atoms with E-state index in [2.05, 4.69) is 36.4 Å². The van der Waals surface area contributed by atoms with Crippen molar-refractivity contribution >= 4 is 11.3 Å². The van der Waals surface area contributed by atoms with E-state index in [9.17, 15) is 0 Å². The highest BCUT2D eigenvalue weighted by molar-refractivity contribution is 7.09. The molecule has 0 spiro atoms. The molecule has 0 aliphatic heterocycles. The van der Waals surface area contributed by atoms with Crippen LogP contribution in [-0.4, -0.2) is 24.0 Å². The Balaban J connectivity index is 2.02. The van der Waals surface area contributed by atoms with E-state index in [4.69, 9.17) is 5.73 Å². The van der Waals surface area contributed by atoms with Gasteiger partial charge in [-0.1, -0.05) is 13.0 Å². The molecule has 0 aromatic carbocycles. The Kier molecular flexibility index (Phi) is 4.23. The topological polar surface area (TPSA) is 29.3 Å². The van der Waals surface area contributed by atoms with Gasteiger partial charge in [0.15, 0.2) is 0 Å². The molecule has 1 saturated carbocycles. The molecule has 1 aliphatic carbocycles. The molecule has 3 heteroatoms. The van der Waals surface area contributed by atoms with E-state index in [0.717, 1.165) is 19.0 Å². The number of thiophene rings is 1. The van der Waals surface area contributed by atoms with Crippen molar-refractivity contribution in [3.63, 3.8) is 0 Å². The third kappa shape index (κ3) is 2.90. The minimum Gasteiger partial charge on any atom is -0.329 e. The van der Waals surface area contributed by atoms with Crippen molar-refractivity contribution in [1.82, 2.24) is 4.90 Å². The zero-order chi connectivity index (χ0) is 12.3. The molecule has 1 aliphatic rings. The van der Waals surface area contributed by atoms with E-state index >= 15 is 0 Å². The minimum absolute atomic E-state index is 0.247. The first-order valence-corrected chi connectivity index (χ1v) is 7.48. The predicted molar refractivity (Wildman–Crippen MR) is 75.2 cm³/mol. The Morgan fingerprint density at radius 2 is 2.18 bits per heavy atom. The number of nitrogens with zero attached hydrogens (tertiary/aromatic N) is 1. The summed E-state index contributed by atoms with van der Waals surface area (Å²) in [6.07, 6.45) is 5.16. The standard InChI is InChI=1S/C14H24N2S/c1-12-5-7-14(11-15,8-6-12)16(2)10-13-4-3-9-17-13/h3-4,9,12H,5-8,10-11,15H2,1-2H3. The smallest absolute Gasteiger partial charge is 0.0332 e. The number of hydrogen-bond acceptors (Lipinski definition) is 3. The van der Waals surface area contributed by atoms with Crippen LogP contribution in [0.2, 0.25) is 0 Å². The molecule has 1 heterocycles. The number of hydrogen-bond donors (Lipinski definition) is 1. The van der Waals surface area contributed by atoms with Crippen molar-refractivity contribution in [2.75, 3.05) is 13.6 Å². The molecule has 2 rings (SSSR count). The van der Waals surface area contributed by atoms with Gasteiger partial charge in [0.1, 0.15) is 0 Å². The molecule has 1 aromatic heterocycles. The summed E-state index contributed by atoms with van der Waals surface area (Å²) in [5.41, 5.74) is 6.32. The van der Waals surface area contributed by atoms with Crippen LogP contribution in [0.5, 0.6) is 0 Å². The van der Waals surface area contributed by atoms with Gasteiger partial charge in [0, 0.05) is 23.5 Å². The van der Waals surface area contributed by atoms with Gasteiger partial charge in [0.05, 0.1) is 0 Å². The van der Waals surface area contributed by atoms with Gasteiger partial charge < -0.3 is 5.73 Å². The highest BCUT2D eigenvalue weighted by Crippen LogP contribution is 2.36. The zero-order valence-corrected chi connectivity index (χ0v) is 11.8. The second-order valence-electron chi connectivity index (χ2n) is 5.55. The number of likely N-dealkylation sites (N-methyl/N-ethyl adjacent to an activating group) is 1. The fraction of sp³-hybridized carbons (Fsp3) is 0.714. The fourth-order valence-corrected chi connectivity index (χ4v) is 3.60. The third-order valence-corrected chi connectivity index (χ3v) is 5.23. The summed E-state index contributed by atoms with van der Waals surface area (Å²) >= 11 is 1.84. The second-order valence-corrected chi connectivity index (χ2v) is 6.58. The summed E-state index contributed by atoms with van der Waals surface area (Å²) in [5, 5.41) is 2.15. The summed E-state index contributed by atoms with van der Waals surface area (Å²) in [6.45, 7) is 4.20. The van der Waals surface area contributed by atoms with Gasteiger partial charge in [0.25, 0.3) is 0 Å². The molecular weight excluding hydrogens is 228 g/mol. The van der Waals surface area contributed by atoms with Crippen molar-refractivity contribution in [2.45, 2.75) is 44.7 Å². The lowest BCUT2D eigenvalue weighted by Gasteiger charge is -2.45. The fourth-order valence-electron chi connectivity index (χ4n) is 2.85. The van der Waals surface area contributed by atoms with Gasteiger partial charge >= 0.3 is 0 Å². The van der Waals surface area contributed by atoms with Gasteiger partial charge in [-0.25, -0.2) is 0 Å². The summed E-state index contributed by atoms with van der Waals surface area (Å²) in [6, 6.07) is 4.35. The first-order valence-electron chi connectivity index (χ1n) is 6.60. The minimum atomic E-state index is 0.247. The van der Waals surface area contributed by atoms with Gasteiger partial charge in [-0.05, 0) is 50.1 Å². The average Bonchev–Trinajstić information content (AvgIpc) is 2.83. The van der Waals surface area contributed by atoms with Crippen LogP contribution >= 0.6 is 11.3 Å². The molecule has 2 N–H and O–H groups in total. The maximum atomic E-state index is 6.08. The van der Waals surface area contributed by atoms with E-state index < -0.39 is 0 Å². The second kappa shape index (κ2) is 5.51. The molecule has 0 amide bonds. The Hall–Kier alpha value is -0.380. The SMILES string of the molecule is CC1CCC(CN)(N(C)Cc2cccs2)CC1. The van der Waals surface area contributed by atoms with Crippen molar-refractivity contribution in [2.24, 2.45) is 11.7 Å². The van der Waals surface area contributed by atoms with Gasteiger partial charge in [-0.3, -0.25) is 4.90 Å². The molecule has 0 saturated heterocycles. The predicted octanol–water partition coefficient (Wildman–Crippen LogP) is 3.09. The van der Waals surface area contributed by atoms with Crippen LogP contribution in [0.15, 0.2) is 17.5 Å². The monoisotopic (exact) mass is 252 g/mol. The maximum absolute atomic E-state index is 6.08. The van der Waals surface area contributed by atoms with Crippen LogP contribution in [0.25, 0.3) is 0 Å². The molecule has 1 fully saturated rings. The number of rotatable bonds is 4. The summed E-state index contributed by atoms with van der Waals surface area (Å²) in [5.74, 6) is 0.879. The van der Waals surface area contributed by atoms with Crippen molar-refractivity contribution in [3.05, 3.63) is 22.4 Å². The molecule has 0 atom stereocenters. The molecule has 0 radical (unpaired) electrons. The number of nitrogens with two attached hydrogens (primary N) is 1. The van der Waals surface area contributed by atoms with E-state index in [1.807, 2.05) is 11.3 Å². The third-order valence-electron chi connectivity index (χ3n) is 4.37. The van der Waals surface area contributed by atoms with Crippen LogP contribution < -0.4 is 5.73 Å². The van der Waals surface area contributed by atoms with Crippen LogP contribution in [0.3, 0.4) is 0 Å². The van der Waals surface area contributed by atoms with E-state index in [0.29, 0.717) is 0 Å². The molecule has 0 unspecified atom stereocenters. The molecular formula is C14H24N2S. The van der Waals surface area contributed by atoms with E-state index in [1.165, 1.54) is 30.6 Å². The van der Waals surface area contributed by atoms with Crippen molar-refractivity contribution in [3.8, 4) is 0 Å². The molecule has 17 heavy (non-hydrogen) atoms. The lowest BCUT2D eigenvalue weighted by molar-refractivity contribution is 0.0624. The van der Waals surface area contributed by atoms with Crippen molar-refractivity contribution < 1.29 is 0 Å². The molecule has 96 valence electrons. The summed E-state index contributed by atoms with van der Waals surface area (Å²) in [7, 11) is 2.24. The quantitative estimate of drug-likeness (QED) is 0.892. The van der Waals surface area contributed by atoms with Crippen LogP contribution in [0.1, 0.15) is 37.5 Å². The van der Waals surface area contributed by atoms with Crippen LogP contribution in [0.4, 0.5) is 0 Å². The van der Waals surface area contributed by atoms with E-state index in [1.54, 1.807) is 0 Å². The van der Waals surface area contributed by atoms with Crippen LogP contribution in [-0.2, 0) is 6.54 Å². The largest absolute Gasteiger partial charge is 0.329 e. The van der Waals surface area contributed by atoms with Gasteiger partial charge in [-0.15, -0.1) is 11.3 Å². The molecule has 2 nitrogen and oxygen atoms in total. The first-order chi connectivity index (χ1) is 8.16. The summed E-state index contributed by atoms with van der Waals surface area (Å²) in [4.78, 5) is 3.93. The van der Waals surface area contributed by atoms with Crippen LogP contribution in [0, 0.1) is 5.92 Å². The molecule has 0 bridgehead atoms. The molecule has 1 aromatic rings. The lowest BCUT2D eigenvalue weighted by Crippen LogP contribution is -2.53. The Morgan fingerprint density at radius 1 is 1.47 bits per heavy atom. The highest BCUT2D eigenvalue weighted by atomic mass is 32.1. The average molecular weight is 252 g/mol. The van der Waals surface area contributed by atoms with Gasteiger partial charge in [0.2, 0.25) is 0 Å². The zero-order valence-electron chi connectivity index (χ0n) is 11.0. The van der Waals surface area contributed by atoms with Gasteiger partial charge in [-0.2, -0.15) is 0 Å². The first kappa shape index (κ1) is 13.1. The lowest BCUT2D eigenvalue weighted by atomic mass is 9.76. The Morgan fingerprint density at radius 3 is 2.71 bits per heavy atom.